The maximum Gasteiger partial charge on any atom is 0.321 e. The van der Waals surface area contributed by atoms with E-state index in [0.29, 0.717) is 6.42 Å². The average molecular weight is 609 g/mol. The largest absolute Gasteiger partial charge is 0.506 e. The highest BCUT2D eigenvalue weighted by molar-refractivity contribution is 4.93. The fourth-order valence-electron chi connectivity index (χ4n) is 5.63. The van der Waals surface area contributed by atoms with Crippen LogP contribution in [0, 0.1) is 0 Å². The first kappa shape index (κ1) is 41.8. The molecule has 0 aromatic carbocycles. The van der Waals surface area contributed by atoms with E-state index in [1.807, 2.05) is 6.08 Å². The number of ether oxygens (including phenoxy) is 2. The highest BCUT2D eigenvalue weighted by Crippen LogP contribution is 2.15. The summed E-state index contributed by atoms with van der Waals surface area (Å²) in [5.74, 6) is -0.419. The highest BCUT2D eigenvalue weighted by Gasteiger charge is 2.04. The van der Waals surface area contributed by atoms with Gasteiger partial charge in [0.2, 0.25) is 0 Å². The zero-order valence-corrected chi connectivity index (χ0v) is 29.2. The summed E-state index contributed by atoms with van der Waals surface area (Å²) >= 11 is 0. The maximum absolute atomic E-state index is 10.0. The SMILES string of the molecule is CCCCCCCCCCCCCCCCCCCC/C=C/O/C(O)=C(/O)CCCCCOCCCCCCCCCC. The van der Waals surface area contributed by atoms with Gasteiger partial charge in [-0.3, -0.25) is 0 Å². The third kappa shape index (κ3) is 35.2. The van der Waals surface area contributed by atoms with Crippen LogP contribution in [0.4, 0.5) is 0 Å². The number of unbranched alkanes of at least 4 members (excludes halogenated alkanes) is 27. The predicted octanol–water partition coefficient (Wildman–Crippen LogP) is 14.0. The Kier molecular flexibility index (Phi) is 36.0. The first-order valence-corrected chi connectivity index (χ1v) is 19.2. The number of aliphatic hydroxyl groups is 2. The summed E-state index contributed by atoms with van der Waals surface area (Å²) in [6, 6.07) is 0. The lowest BCUT2D eigenvalue weighted by Gasteiger charge is -2.06. The highest BCUT2D eigenvalue weighted by atomic mass is 16.6. The van der Waals surface area contributed by atoms with Crippen LogP contribution in [0.5, 0.6) is 0 Å². The third-order valence-corrected chi connectivity index (χ3v) is 8.59. The summed E-state index contributed by atoms with van der Waals surface area (Å²) in [5, 5.41) is 19.9. The van der Waals surface area contributed by atoms with E-state index in [0.717, 1.165) is 51.7 Å². The van der Waals surface area contributed by atoms with E-state index in [4.69, 9.17) is 9.47 Å². The Morgan fingerprint density at radius 3 is 1.21 bits per heavy atom. The molecule has 0 unspecified atom stereocenters. The first-order valence-electron chi connectivity index (χ1n) is 19.2. The molecular formula is C39H76O4. The zero-order chi connectivity index (χ0) is 31.3. The van der Waals surface area contributed by atoms with Crippen LogP contribution in [0.1, 0.15) is 213 Å². The van der Waals surface area contributed by atoms with Gasteiger partial charge in [-0.1, -0.05) is 174 Å². The van der Waals surface area contributed by atoms with Gasteiger partial charge in [0.15, 0.2) is 5.76 Å². The van der Waals surface area contributed by atoms with Crippen LogP contribution in [0.3, 0.4) is 0 Å². The molecule has 0 saturated heterocycles. The molecule has 0 aliphatic carbocycles. The van der Waals surface area contributed by atoms with E-state index in [2.05, 4.69) is 13.8 Å². The molecule has 0 radical (unpaired) electrons. The van der Waals surface area contributed by atoms with E-state index in [9.17, 15) is 10.2 Å². The molecule has 43 heavy (non-hydrogen) atoms. The molecule has 0 saturated carbocycles. The van der Waals surface area contributed by atoms with E-state index >= 15 is 0 Å². The van der Waals surface area contributed by atoms with Crippen molar-refractivity contribution in [1.29, 1.82) is 0 Å². The van der Waals surface area contributed by atoms with E-state index in [-0.39, 0.29) is 11.7 Å². The summed E-state index contributed by atoms with van der Waals surface area (Å²) < 4.78 is 10.9. The maximum atomic E-state index is 10.0. The van der Waals surface area contributed by atoms with Gasteiger partial charge in [0.25, 0.3) is 0 Å². The van der Waals surface area contributed by atoms with Crippen molar-refractivity contribution < 1.29 is 19.7 Å². The monoisotopic (exact) mass is 609 g/mol. The van der Waals surface area contributed by atoms with Crippen LogP contribution in [-0.2, 0) is 9.47 Å². The van der Waals surface area contributed by atoms with Crippen molar-refractivity contribution in [3.05, 3.63) is 24.0 Å². The molecule has 256 valence electrons. The van der Waals surface area contributed by atoms with Crippen molar-refractivity contribution in [2.75, 3.05) is 13.2 Å². The molecule has 0 atom stereocenters. The number of rotatable bonds is 36. The summed E-state index contributed by atoms with van der Waals surface area (Å²) in [7, 11) is 0. The van der Waals surface area contributed by atoms with Crippen LogP contribution in [0.25, 0.3) is 0 Å². The molecule has 0 aromatic heterocycles. The Bertz CT molecular complexity index is 586. The summed E-state index contributed by atoms with van der Waals surface area (Å²) in [5.41, 5.74) is 0. The number of hydrogen-bond donors (Lipinski definition) is 2. The first-order chi connectivity index (χ1) is 21.2. The van der Waals surface area contributed by atoms with Gasteiger partial charge in [-0.05, 0) is 38.2 Å². The van der Waals surface area contributed by atoms with Gasteiger partial charge in [0.05, 0.1) is 6.26 Å². The molecule has 4 nitrogen and oxygen atoms in total. The van der Waals surface area contributed by atoms with Crippen molar-refractivity contribution in [2.45, 2.75) is 213 Å². The second-order valence-electron chi connectivity index (χ2n) is 12.9. The Balaban J connectivity index is 3.38. The molecule has 4 heteroatoms. The van der Waals surface area contributed by atoms with Gasteiger partial charge >= 0.3 is 5.95 Å². The van der Waals surface area contributed by atoms with Crippen molar-refractivity contribution in [3.8, 4) is 0 Å². The van der Waals surface area contributed by atoms with Gasteiger partial charge in [-0.2, -0.15) is 0 Å². The second-order valence-corrected chi connectivity index (χ2v) is 12.9. The van der Waals surface area contributed by atoms with Gasteiger partial charge in [-0.15, -0.1) is 0 Å². The third-order valence-electron chi connectivity index (χ3n) is 8.59. The van der Waals surface area contributed by atoms with Crippen LogP contribution in [0.2, 0.25) is 0 Å². The van der Waals surface area contributed by atoms with Crippen molar-refractivity contribution in [3.63, 3.8) is 0 Å². The lowest BCUT2D eigenvalue weighted by atomic mass is 10.0. The van der Waals surface area contributed by atoms with E-state index in [1.54, 1.807) is 0 Å². The molecule has 0 aromatic rings. The van der Waals surface area contributed by atoms with Crippen LogP contribution >= 0.6 is 0 Å². The van der Waals surface area contributed by atoms with Crippen LogP contribution < -0.4 is 0 Å². The van der Waals surface area contributed by atoms with Gasteiger partial charge in [-0.25, -0.2) is 0 Å². The minimum absolute atomic E-state index is 0.0577. The number of allylic oxidation sites excluding steroid dienone is 2. The predicted molar refractivity (Wildman–Crippen MR) is 188 cm³/mol. The minimum Gasteiger partial charge on any atom is -0.506 e. The molecule has 0 bridgehead atoms. The topological polar surface area (TPSA) is 58.9 Å². The van der Waals surface area contributed by atoms with Gasteiger partial charge < -0.3 is 19.7 Å². The second kappa shape index (κ2) is 37.0. The fourth-order valence-corrected chi connectivity index (χ4v) is 5.63. The Hall–Kier alpha value is -1.16. The smallest absolute Gasteiger partial charge is 0.321 e. The zero-order valence-electron chi connectivity index (χ0n) is 29.2. The molecule has 2 N–H and O–H groups in total. The quantitative estimate of drug-likeness (QED) is 0.0548. The average Bonchev–Trinajstić information content (AvgIpc) is 3.01. The van der Waals surface area contributed by atoms with Crippen LogP contribution in [0.15, 0.2) is 24.0 Å². The van der Waals surface area contributed by atoms with Crippen molar-refractivity contribution >= 4 is 0 Å². The van der Waals surface area contributed by atoms with Crippen LogP contribution in [-0.4, -0.2) is 23.4 Å². The molecular weight excluding hydrogens is 532 g/mol. The normalized spacial score (nSPS) is 12.3. The lowest BCUT2D eigenvalue weighted by Crippen LogP contribution is -1.98. The molecule has 0 fully saturated rings. The van der Waals surface area contributed by atoms with Crippen molar-refractivity contribution in [1.82, 2.24) is 0 Å². The van der Waals surface area contributed by atoms with Gasteiger partial charge in [0, 0.05) is 19.6 Å². The standard InChI is InChI=1S/C39H76O4/c1-3-5-7-9-11-13-14-15-16-17-18-19-20-21-22-23-24-26-28-33-37-43-39(41)38(40)34-30-29-32-36-42-35-31-27-25-12-10-8-6-4-2/h33,37,40-41H,3-32,34-36H2,1-2H3/b37-33+,39-38+. The van der Waals surface area contributed by atoms with Gasteiger partial charge in [0.1, 0.15) is 0 Å². The van der Waals surface area contributed by atoms with E-state index in [1.165, 1.54) is 160 Å². The molecule has 0 aliphatic heterocycles. The Morgan fingerprint density at radius 1 is 0.442 bits per heavy atom. The summed E-state index contributed by atoms with van der Waals surface area (Å²) in [4.78, 5) is 0. The Labute approximate surface area is 269 Å². The molecule has 0 heterocycles. The summed E-state index contributed by atoms with van der Waals surface area (Å²) in [6.45, 7) is 6.20. The van der Waals surface area contributed by atoms with Crippen molar-refractivity contribution in [2.24, 2.45) is 0 Å². The number of aliphatic hydroxyl groups excluding tert-OH is 2. The fraction of sp³-hybridized carbons (Fsp3) is 0.897. The van der Waals surface area contributed by atoms with E-state index < -0.39 is 0 Å². The summed E-state index contributed by atoms with van der Waals surface area (Å²) in [6.07, 6.45) is 43.2. The molecule has 0 amide bonds. The Morgan fingerprint density at radius 2 is 0.791 bits per heavy atom. The number of hydrogen-bond acceptors (Lipinski definition) is 4. The minimum atomic E-state index is -0.361. The lowest BCUT2D eigenvalue weighted by molar-refractivity contribution is 0.124. The molecule has 0 spiro atoms. The molecule has 0 rings (SSSR count). The molecule has 0 aliphatic rings.